The lowest BCUT2D eigenvalue weighted by molar-refractivity contribution is 0.0978. The van der Waals surface area contributed by atoms with Gasteiger partial charge in [0.05, 0.1) is 12.3 Å². The van der Waals surface area contributed by atoms with E-state index in [4.69, 9.17) is 0 Å². The zero-order valence-corrected chi connectivity index (χ0v) is 9.62. The van der Waals surface area contributed by atoms with E-state index in [1.165, 1.54) is 10.9 Å². The Morgan fingerprint density at radius 2 is 2.20 bits per heavy atom. The number of rotatable bonds is 5. The summed E-state index contributed by atoms with van der Waals surface area (Å²) in [6.45, 7) is 1.99. The van der Waals surface area contributed by atoms with Crippen LogP contribution in [0.3, 0.4) is 0 Å². The Balaban J connectivity index is 2.78. The summed E-state index contributed by atoms with van der Waals surface area (Å²) in [6, 6.07) is 1.61. The summed E-state index contributed by atoms with van der Waals surface area (Å²) in [7, 11) is -3.02. The van der Waals surface area contributed by atoms with Gasteiger partial charge in [-0.15, -0.1) is 0 Å². The molecule has 0 aliphatic rings. The van der Waals surface area contributed by atoms with Crippen LogP contribution in [0, 0.1) is 0 Å². The lowest BCUT2D eigenvalue weighted by Gasteiger charge is -2.04. The van der Waals surface area contributed by atoms with Crippen LogP contribution in [0.4, 0.5) is 0 Å². The van der Waals surface area contributed by atoms with Gasteiger partial charge in [-0.1, -0.05) is 6.92 Å². The van der Waals surface area contributed by atoms with Gasteiger partial charge >= 0.3 is 0 Å². The molecule has 0 atom stereocenters. The number of hydrogen-bond donors (Lipinski definition) is 0. The second-order valence-corrected chi connectivity index (χ2v) is 5.61. The second-order valence-electron chi connectivity index (χ2n) is 3.35. The van der Waals surface area contributed by atoms with Gasteiger partial charge in [0.25, 0.3) is 0 Å². The Morgan fingerprint density at radius 1 is 1.53 bits per heavy atom. The average Bonchev–Trinajstić information content (AvgIpc) is 2.60. The van der Waals surface area contributed by atoms with Crippen LogP contribution in [-0.2, 0) is 16.4 Å². The van der Waals surface area contributed by atoms with E-state index in [2.05, 4.69) is 5.10 Å². The maximum Gasteiger partial charge on any atom is 0.180 e. The van der Waals surface area contributed by atoms with Gasteiger partial charge in [-0.05, 0) is 6.07 Å². The minimum Gasteiger partial charge on any atom is -0.292 e. The van der Waals surface area contributed by atoms with E-state index in [0.29, 0.717) is 12.1 Å². The molecule has 84 valence electrons. The summed E-state index contributed by atoms with van der Waals surface area (Å²) in [6.07, 6.45) is 3.06. The average molecular weight is 230 g/mol. The molecule has 0 amide bonds. The van der Waals surface area contributed by atoms with Crippen molar-refractivity contribution in [3.8, 4) is 0 Å². The van der Waals surface area contributed by atoms with Gasteiger partial charge in [-0.3, -0.25) is 9.48 Å². The summed E-state index contributed by atoms with van der Waals surface area (Å²) in [5, 5.41) is 3.92. The first-order chi connectivity index (χ1) is 6.94. The van der Waals surface area contributed by atoms with E-state index in [1.807, 2.05) is 0 Å². The van der Waals surface area contributed by atoms with Gasteiger partial charge in [-0.25, -0.2) is 8.42 Å². The topological polar surface area (TPSA) is 69.0 Å². The number of aryl methyl sites for hydroxylation is 1. The van der Waals surface area contributed by atoms with Crippen LogP contribution < -0.4 is 0 Å². The van der Waals surface area contributed by atoms with Crippen LogP contribution in [0.25, 0.3) is 0 Å². The predicted octanol–water partition coefficient (Wildman–Crippen LogP) is 0.520. The molecule has 0 saturated heterocycles. The summed E-state index contributed by atoms with van der Waals surface area (Å²) in [5.41, 5.74) is 0.473. The number of nitrogens with zero attached hydrogens (tertiary/aromatic N) is 2. The van der Waals surface area contributed by atoms with Crippen molar-refractivity contribution in [1.29, 1.82) is 0 Å². The number of carbonyl (C=O) groups excluding carboxylic acids is 1. The van der Waals surface area contributed by atoms with E-state index >= 15 is 0 Å². The van der Waals surface area contributed by atoms with Gasteiger partial charge in [-0.2, -0.15) is 5.10 Å². The van der Waals surface area contributed by atoms with Gasteiger partial charge in [0.2, 0.25) is 0 Å². The van der Waals surface area contributed by atoms with Crippen molar-refractivity contribution in [2.75, 3.05) is 12.0 Å². The van der Waals surface area contributed by atoms with E-state index in [0.717, 1.165) is 6.26 Å². The molecule has 0 radical (unpaired) electrons. The molecule has 1 heterocycles. The molecule has 6 heteroatoms. The first kappa shape index (κ1) is 11.9. The Bertz CT molecular complexity index is 448. The minimum atomic E-state index is -3.02. The van der Waals surface area contributed by atoms with Crippen molar-refractivity contribution in [1.82, 2.24) is 9.78 Å². The number of sulfone groups is 1. The molecule has 0 N–H and O–H groups in total. The molecule has 0 spiro atoms. The van der Waals surface area contributed by atoms with Crippen molar-refractivity contribution in [2.45, 2.75) is 19.9 Å². The van der Waals surface area contributed by atoms with Crippen LogP contribution in [0.15, 0.2) is 12.3 Å². The number of aromatic nitrogens is 2. The highest BCUT2D eigenvalue weighted by Gasteiger charge is 2.11. The normalized spacial score (nSPS) is 11.6. The monoisotopic (exact) mass is 230 g/mol. The van der Waals surface area contributed by atoms with Crippen LogP contribution in [0.5, 0.6) is 0 Å². The largest absolute Gasteiger partial charge is 0.292 e. The molecule has 1 rings (SSSR count). The van der Waals surface area contributed by atoms with Crippen LogP contribution in [0.2, 0.25) is 0 Å². The first-order valence-corrected chi connectivity index (χ1v) is 6.73. The molecule has 0 aliphatic heterocycles. The lowest BCUT2D eigenvalue weighted by atomic mass is 10.2. The molecule has 1 aromatic rings. The first-order valence-electron chi connectivity index (χ1n) is 4.67. The number of hydrogen-bond acceptors (Lipinski definition) is 4. The molecule has 0 bridgehead atoms. The lowest BCUT2D eigenvalue weighted by Crippen LogP contribution is -2.16. The smallest absolute Gasteiger partial charge is 0.180 e. The Morgan fingerprint density at radius 3 is 2.73 bits per heavy atom. The molecular weight excluding hydrogens is 216 g/mol. The Kier molecular flexibility index (Phi) is 3.62. The zero-order chi connectivity index (χ0) is 11.5. The zero-order valence-electron chi connectivity index (χ0n) is 8.80. The van der Waals surface area contributed by atoms with Crippen LogP contribution >= 0.6 is 0 Å². The Labute approximate surface area is 89.0 Å². The molecular formula is C9H14N2O3S. The summed E-state index contributed by atoms with van der Waals surface area (Å²) < 4.78 is 23.3. The van der Waals surface area contributed by atoms with Crippen LogP contribution in [-0.4, -0.2) is 36.0 Å². The molecule has 15 heavy (non-hydrogen) atoms. The van der Waals surface area contributed by atoms with Crippen molar-refractivity contribution < 1.29 is 13.2 Å². The summed E-state index contributed by atoms with van der Waals surface area (Å²) in [5.74, 6) is -0.0282. The molecule has 0 unspecified atom stereocenters. The van der Waals surface area contributed by atoms with E-state index < -0.39 is 9.84 Å². The van der Waals surface area contributed by atoms with Crippen molar-refractivity contribution in [2.24, 2.45) is 0 Å². The second kappa shape index (κ2) is 4.57. The van der Waals surface area contributed by atoms with Crippen molar-refractivity contribution in [3.63, 3.8) is 0 Å². The summed E-state index contributed by atoms with van der Waals surface area (Å²) in [4.78, 5) is 11.4. The fraction of sp³-hybridized carbons (Fsp3) is 0.556. The maximum atomic E-state index is 11.4. The van der Waals surface area contributed by atoms with E-state index in [9.17, 15) is 13.2 Å². The fourth-order valence-corrected chi connectivity index (χ4v) is 1.69. The van der Waals surface area contributed by atoms with Gasteiger partial charge < -0.3 is 0 Å². The highest BCUT2D eigenvalue weighted by Crippen LogP contribution is 2.03. The van der Waals surface area contributed by atoms with E-state index in [-0.39, 0.29) is 18.1 Å². The molecule has 1 aromatic heterocycles. The highest BCUT2D eigenvalue weighted by atomic mass is 32.2. The third kappa shape index (κ3) is 3.47. The number of carbonyl (C=O) groups is 1. The Hall–Kier alpha value is -1.17. The quantitative estimate of drug-likeness (QED) is 0.691. The maximum absolute atomic E-state index is 11.4. The third-order valence-electron chi connectivity index (χ3n) is 2.00. The number of ketones is 1. The fourth-order valence-electron chi connectivity index (χ4n) is 1.18. The third-order valence-corrected chi connectivity index (χ3v) is 2.92. The predicted molar refractivity (Wildman–Crippen MR) is 56.6 cm³/mol. The SMILES string of the molecule is CCC(=O)c1ccnn1CCS(C)(=O)=O. The molecule has 0 aliphatic carbocycles. The van der Waals surface area contributed by atoms with Gasteiger partial charge in [0, 0.05) is 18.9 Å². The van der Waals surface area contributed by atoms with Gasteiger partial charge in [0.15, 0.2) is 5.78 Å². The minimum absolute atomic E-state index is 0.00132. The van der Waals surface area contributed by atoms with Gasteiger partial charge in [0.1, 0.15) is 15.5 Å². The summed E-state index contributed by atoms with van der Waals surface area (Å²) >= 11 is 0. The molecule has 0 saturated carbocycles. The standard InChI is InChI=1S/C9H14N2O3S/c1-3-9(12)8-4-5-10-11(8)6-7-15(2,13)14/h4-5H,3,6-7H2,1-2H3. The molecule has 0 aromatic carbocycles. The number of Topliss-reactive ketones (excluding diaryl/α,β-unsaturated/α-hetero) is 1. The van der Waals surface area contributed by atoms with E-state index in [1.54, 1.807) is 13.0 Å². The molecule has 5 nitrogen and oxygen atoms in total. The molecule has 0 fully saturated rings. The highest BCUT2D eigenvalue weighted by molar-refractivity contribution is 7.90. The van der Waals surface area contributed by atoms with Crippen molar-refractivity contribution in [3.05, 3.63) is 18.0 Å². The van der Waals surface area contributed by atoms with Crippen molar-refractivity contribution >= 4 is 15.6 Å². The van der Waals surface area contributed by atoms with Crippen LogP contribution in [0.1, 0.15) is 23.8 Å².